The van der Waals surface area contributed by atoms with Crippen LogP contribution in [0.4, 0.5) is 23.7 Å². The first-order valence-electron chi connectivity index (χ1n) is 11.8. The van der Waals surface area contributed by atoms with Crippen molar-refractivity contribution in [1.29, 1.82) is 0 Å². The van der Waals surface area contributed by atoms with E-state index in [-0.39, 0.29) is 13.0 Å². The number of aryl methyl sites for hydroxylation is 2. The molecule has 0 bridgehead atoms. The maximum atomic E-state index is 13.7. The molecule has 10 heteroatoms. The number of hydrogen-bond acceptors (Lipinski definition) is 4. The number of alkyl halides is 3. The molecule has 1 N–H and O–H groups in total. The van der Waals surface area contributed by atoms with Gasteiger partial charge in [0.25, 0.3) is 0 Å². The number of rotatable bonds is 6. The summed E-state index contributed by atoms with van der Waals surface area (Å²) in [6, 6.07) is 18.3. The van der Waals surface area contributed by atoms with Crippen LogP contribution in [0, 0.1) is 13.8 Å². The number of hydrogen-bond donors (Lipinski definition) is 1. The van der Waals surface area contributed by atoms with E-state index in [9.17, 15) is 18.0 Å². The fraction of sp³-hybridized carbons (Fsp3) is 0.214. The minimum atomic E-state index is -4.54. The van der Waals surface area contributed by atoms with Crippen LogP contribution in [0.25, 0.3) is 0 Å². The molecule has 1 aliphatic heterocycles. The smallest absolute Gasteiger partial charge is 0.416 e. The standard InChI is InChI=1S/C28H23ClF3N3O3/c1-17-25(18(2)38-34-17)15-27(19-4-3-5-20(14-19)28(30,31)32)16-33-26(36)35(27)22-8-12-24(13-9-22)37-23-10-6-21(29)7-11-23/h3-14H,15-16H2,1-2H3,(H,33,36). The molecule has 1 aromatic heterocycles. The van der Waals surface area contributed by atoms with Gasteiger partial charge in [-0.05, 0) is 80.1 Å². The fourth-order valence-corrected chi connectivity index (χ4v) is 4.87. The largest absolute Gasteiger partial charge is 0.457 e. The van der Waals surface area contributed by atoms with Crippen LogP contribution in [-0.4, -0.2) is 17.7 Å². The van der Waals surface area contributed by atoms with E-state index in [1.165, 1.54) is 11.0 Å². The summed E-state index contributed by atoms with van der Waals surface area (Å²) in [4.78, 5) is 14.8. The van der Waals surface area contributed by atoms with Gasteiger partial charge in [-0.1, -0.05) is 28.9 Å². The van der Waals surface area contributed by atoms with Gasteiger partial charge in [-0.3, -0.25) is 4.90 Å². The van der Waals surface area contributed by atoms with E-state index in [0.717, 1.165) is 17.7 Å². The molecule has 196 valence electrons. The van der Waals surface area contributed by atoms with Gasteiger partial charge in [0.05, 0.1) is 16.8 Å². The van der Waals surface area contributed by atoms with Crippen molar-refractivity contribution in [2.24, 2.45) is 0 Å². The van der Waals surface area contributed by atoms with Crippen LogP contribution < -0.4 is 15.0 Å². The molecule has 2 heterocycles. The van der Waals surface area contributed by atoms with Gasteiger partial charge in [0, 0.05) is 29.2 Å². The molecule has 2 amide bonds. The van der Waals surface area contributed by atoms with E-state index in [1.807, 2.05) is 0 Å². The molecule has 5 rings (SSSR count). The molecule has 0 saturated carbocycles. The van der Waals surface area contributed by atoms with Gasteiger partial charge in [0.1, 0.15) is 17.3 Å². The lowest BCUT2D eigenvalue weighted by atomic mass is 9.81. The molecular formula is C28H23ClF3N3O3. The summed E-state index contributed by atoms with van der Waals surface area (Å²) in [6.45, 7) is 3.59. The quantitative estimate of drug-likeness (QED) is 0.276. The molecule has 4 aromatic rings. The molecule has 1 fully saturated rings. The third kappa shape index (κ3) is 4.81. The topological polar surface area (TPSA) is 67.6 Å². The molecule has 3 aromatic carbocycles. The maximum absolute atomic E-state index is 13.7. The minimum absolute atomic E-state index is 0.0836. The third-order valence-electron chi connectivity index (χ3n) is 6.69. The second-order valence-electron chi connectivity index (χ2n) is 9.13. The molecule has 1 saturated heterocycles. The summed E-state index contributed by atoms with van der Waals surface area (Å²) in [5, 5.41) is 7.43. The molecule has 0 radical (unpaired) electrons. The molecule has 1 unspecified atom stereocenters. The Morgan fingerprint density at radius 2 is 1.71 bits per heavy atom. The fourth-order valence-electron chi connectivity index (χ4n) is 4.75. The Bertz CT molecular complexity index is 1450. The van der Waals surface area contributed by atoms with Crippen LogP contribution in [0.15, 0.2) is 77.3 Å². The first-order chi connectivity index (χ1) is 18.1. The Morgan fingerprint density at radius 1 is 1.05 bits per heavy atom. The molecule has 6 nitrogen and oxygen atoms in total. The lowest BCUT2D eigenvalue weighted by molar-refractivity contribution is -0.137. The molecule has 1 atom stereocenters. The molecule has 0 aliphatic carbocycles. The Balaban J connectivity index is 1.58. The second kappa shape index (κ2) is 9.72. The Morgan fingerprint density at radius 3 is 2.32 bits per heavy atom. The molecule has 0 spiro atoms. The highest BCUT2D eigenvalue weighted by atomic mass is 35.5. The van der Waals surface area contributed by atoms with Gasteiger partial charge in [-0.25, -0.2) is 4.79 Å². The zero-order valence-corrected chi connectivity index (χ0v) is 21.2. The SMILES string of the molecule is Cc1noc(C)c1CC1(c2cccc(C(F)(F)F)c2)CNC(=O)N1c1ccc(Oc2ccc(Cl)cc2)cc1. The first-order valence-corrected chi connectivity index (χ1v) is 12.2. The van der Waals surface area contributed by atoms with Gasteiger partial charge in [-0.2, -0.15) is 13.2 Å². The number of carbonyl (C=O) groups is 1. The summed E-state index contributed by atoms with van der Waals surface area (Å²) in [5.41, 5.74) is 0.197. The van der Waals surface area contributed by atoms with E-state index in [0.29, 0.717) is 39.2 Å². The Labute approximate surface area is 222 Å². The highest BCUT2D eigenvalue weighted by molar-refractivity contribution is 6.30. The summed E-state index contributed by atoms with van der Waals surface area (Å²) in [6.07, 6.45) is -4.35. The van der Waals surface area contributed by atoms with Crippen LogP contribution in [0.5, 0.6) is 11.5 Å². The van der Waals surface area contributed by atoms with Crippen LogP contribution >= 0.6 is 11.6 Å². The number of carbonyl (C=O) groups excluding carboxylic acids is 1. The van der Waals surface area contributed by atoms with Crippen LogP contribution in [0.3, 0.4) is 0 Å². The van der Waals surface area contributed by atoms with Gasteiger partial charge in [0.15, 0.2) is 0 Å². The van der Waals surface area contributed by atoms with Crippen molar-refractivity contribution in [3.05, 3.63) is 106 Å². The predicted molar refractivity (Wildman–Crippen MR) is 137 cm³/mol. The van der Waals surface area contributed by atoms with Crippen LogP contribution in [0.2, 0.25) is 5.02 Å². The average Bonchev–Trinajstić information content (AvgIpc) is 3.40. The zero-order valence-electron chi connectivity index (χ0n) is 20.5. The van der Waals surface area contributed by atoms with Crippen molar-refractivity contribution in [2.45, 2.75) is 32.0 Å². The second-order valence-corrected chi connectivity index (χ2v) is 9.57. The predicted octanol–water partition coefficient (Wildman–Crippen LogP) is 7.42. The van der Waals surface area contributed by atoms with Crippen molar-refractivity contribution < 1.29 is 27.2 Å². The highest BCUT2D eigenvalue weighted by Crippen LogP contribution is 2.42. The first kappa shape index (κ1) is 25.7. The van der Waals surface area contributed by atoms with Crippen LogP contribution in [0.1, 0.15) is 28.1 Å². The van der Waals surface area contributed by atoms with Crippen molar-refractivity contribution >= 4 is 23.3 Å². The number of amides is 2. The number of benzene rings is 3. The number of aromatic nitrogens is 1. The van der Waals surface area contributed by atoms with Crippen molar-refractivity contribution in [1.82, 2.24) is 10.5 Å². The van der Waals surface area contributed by atoms with Gasteiger partial charge in [0.2, 0.25) is 0 Å². The van der Waals surface area contributed by atoms with E-state index >= 15 is 0 Å². The number of urea groups is 1. The van der Waals surface area contributed by atoms with E-state index in [1.54, 1.807) is 68.4 Å². The maximum Gasteiger partial charge on any atom is 0.416 e. The van der Waals surface area contributed by atoms with E-state index < -0.39 is 23.3 Å². The summed E-state index contributed by atoms with van der Waals surface area (Å²) in [7, 11) is 0. The summed E-state index contributed by atoms with van der Waals surface area (Å²) >= 11 is 5.93. The number of nitrogens with one attached hydrogen (secondary N) is 1. The lowest BCUT2D eigenvalue weighted by Crippen LogP contribution is -2.47. The molecule has 1 aliphatic rings. The number of ether oxygens (including phenoxy) is 1. The van der Waals surface area contributed by atoms with Gasteiger partial charge in [-0.15, -0.1) is 0 Å². The summed E-state index contributed by atoms with van der Waals surface area (Å²) < 4.78 is 52.2. The molecule has 38 heavy (non-hydrogen) atoms. The third-order valence-corrected chi connectivity index (χ3v) is 6.94. The average molecular weight is 542 g/mol. The Kier molecular flexibility index (Phi) is 6.56. The van der Waals surface area contributed by atoms with E-state index in [4.69, 9.17) is 20.9 Å². The Hall–Kier alpha value is -3.98. The van der Waals surface area contributed by atoms with Crippen molar-refractivity contribution in [2.75, 3.05) is 11.4 Å². The van der Waals surface area contributed by atoms with Crippen LogP contribution in [-0.2, 0) is 18.1 Å². The van der Waals surface area contributed by atoms with Gasteiger partial charge >= 0.3 is 12.2 Å². The number of anilines is 1. The number of nitrogens with zero attached hydrogens (tertiary/aromatic N) is 2. The highest BCUT2D eigenvalue weighted by Gasteiger charge is 2.49. The molecular weight excluding hydrogens is 519 g/mol. The van der Waals surface area contributed by atoms with Gasteiger partial charge < -0.3 is 14.6 Å². The summed E-state index contributed by atoms with van der Waals surface area (Å²) in [5.74, 6) is 1.64. The normalized spacial score (nSPS) is 17.5. The monoisotopic (exact) mass is 541 g/mol. The minimum Gasteiger partial charge on any atom is -0.457 e. The van der Waals surface area contributed by atoms with Crippen molar-refractivity contribution in [3.63, 3.8) is 0 Å². The number of halogens is 4. The van der Waals surface area contributed by atoms with E-state index in [2.05, 4.69) is 10.5 Å². The van der Waals surface area contributed by atoms with Crippen molar-refractivity contribution in [3.8, 4) is 11.5 Å². The lowest BCUT2D eigenvalue weighted by Gasteiger charge is -2.38. The zero-order chi connectivity index (χ0) is 27.1.